The third-order valence-corrected chi connectivity index (χ3v) is 8.25. The molecule has 3 atom stereocenters. The summed E-state index contributed by atoms with van der Waals surface area (Å²) in [5.41, 5.74) is 2.96. The second kappa shape index (κ2) is 7.28. The summed E-state index contributed by atoms with van der Waals surface area (Å²) in [6.45, 7) is 6.21. The number of imidazole rings is 1. The first kappa shape index (κ1) is 19.2. The predicted molar refractivity (Wildman–Crippen MR) is 120 cm³/mol. The fourth-order valence-corrected chi connectivity index (χ4v) is 6.53. The Morgan fingerprint density at radius 2 is 2.13 bits per heavy atom. The maximum Gasteiger partial charge on any atom is 0.252 e. The van der Waals surface area contributed by atoms with E-state index in [1.54, 1.807) is 10.5 Å². The standard InChI is InChI=1S/C23H25FN5OP/c1-15-11-28-12-16(9-19(24)23(28)25-15)20-10-21(30)29-14-18(4-5-22(29)31-20)27-8-7-26-6-2-3-17(26)13-27/h4-5,9-12,14,17,22,31H,2-3,6-8,13H2,1H3/t17-,22?/m1/s1. The molecule has 4 aliphatic rings. The van der Waals surface area contributed by atoms with Crippen LogP contribution in [0.2, 0.25) is 0 Å². The number of nitrogens with zero attached hydrogens (tertiary/aromatic N) is 5. The predicted octanol–water partition coefficient (Wildman–Crippen LogP) is 3.16. The lowest BCUT2D eigenvalue weighted by Gasteiger charge is -2.41. The van der Waals surface area contributed by atoms with Crippen LogP contribution in [0.25, 0.3) is 11.0 Å². The molecule has 31 heavy (non-hydrogen) atoms. The summed E-state index contributed by atoms with van der Waals surface area (Å²) in [6, 6.07) is 2.14. The van der Waals surface area contributed by atoms with E-state index >= 15 is 0 Å². The lowest BCUT2D eigenvalue weighted by Crippen LogP contribution is -2.50. The van der Waals surface area contributed by atoms with E-state index in [0.717, 1.165) is 41.9 Å². The van der Waals surface area contributed by atoms with Crippen molar-refractivity contribution in [2.75, 3.05) is 26.2 Å². The largest absolute Gasteiger partial charge is 0.368 e. The van der Waals surface area contributed by atoms with E-state index in [-0.39, 0.29) is 17.5 Å². The molecule has 8 heteroatoms. The van der Waals surface area contributed by atoms with Gasteiger partial charge in [-0.2, -0.15) is 0 Å². The second-order valence-electron chi connectivity index (χ2n) is 8.77. The molecule has 6 nitrogen and oxygen atoms in total. The van der Waals surface area contributed by atoms with Crippen molar-refractivity contribution in [2.45, 2.75) is 31.6 Å². The molecule has 0 aromatic carbocycles. The van der Waals surface area contributed by atoms with Gasteiger partial charge in [-0.3, -0.25) is 9.69 Å². The Bertz CT molecular complexity index is 1170. The second-order valence-corrected chi connectivity index (χ2v) is 10.2. The van der Waals surface area contributed by atoms with Crippen LogP contribution in [0, 0.1) is 12.7 Å². The van der Waals surface area contributed by atoms with Crippen molar-refractivity contribution in [3.05, 3.63) is 65.7 Å². The highest BCUT2D eigenvalue weighted by atomic mass is 31.1. The number of carbonyl (C=O) groups is 1. The number of halogens is 1. The van der Waals surface area contributed by atoms with Gasteiger partial charge in [-0.1, -0.05) is 14.7 Å². The van der Waals surface area contributed by atoms with Gasteiger partial charge in [0, 0.05) is 55.9 Å². The van der Waals surface area contributed by atoms with Crippen molar-refractivity contribution in [3.8, 4) is 0 Å². The third kappa shape index (κ3) is 3.31. The molecule has 2 fully saturated rings. The number of amides is 1. The van der Waals surface area contributed by atoms with E-state index in [1.165, 1.54) is 25.5 Å². The van der Waals surface area contributed by atoms with Crippen LogP contribution in [0.1, 0.15) is 24.1 Å². The topological polar surface area (TPSA) is 44.1 Å². The Balaban J connectivity index is 1.26. The molecule has 2 unspecified atom stereocenters. The SMILES string of the molecule is Cc1cn2cc(C3=CC(=O)N4C=C(N5CCN6CCC[C@@H]6C5)C=CC4P3)cc(F)c2n1. The zero-order valence-corrected chi connectivity index (χ0v) is 18.5. The summed E-state index contributed by atoms with van der Waals surface area (Å²) >= 11 is 0. The number of piperazine rings is 1. The first-order chi connectivity index (χ1) is 15.0. The summed E-state index contributed by atoms with van der Waals surface area (Å²) in [5, 5.41) is 0.888. The number of hydrogen-bond acceptors (Lipinski definition) is 4. The van der Waals surface area contributed by atoms with E-state index in [2.05, 4.69) is 26.9 Å². The Hall–Kier alpha value is -2.50. The highest BCUT2D eigenvalue weighted by Crippen LogP contribution is 2.45. The van der Waals surface area contributed by atoms with E-state index in [1.807, 2.05) is 30.4 Å². The van der Waals surface area contributed by atoms with Crippen LogP contribution in [0.4, 0.5) is 4.39 Å². The molecule has 160 valence electrons. The van der Waals surface area contributed by atoms with Crippen molar-refractivity contribution in [3.63, 3.8) is 0 Å². The minimum Gasteiger partial charge on any atom is -0.368 e. The number of aromatic nitrogens is 2. The first-order valence-electron chi connectivity index (χ1n) is 10.9. The Morgan fingerprint density at radius 1 is 1.23 bits per heavy atom. The zero-order valence-electron chi connectivity index (χ0n) is 17.5. The van der Waals surface area contributed by atoms with Crippen LogP contribution in [-0.2, 0) is 4.79 Å². The van der Waals surface area contributed by atoms with Crippen LogP contribution < -0.4 is 0 Å². The van der Waals surface area contributed by atoms with E-state index in [4.69, 9.17) is 0 Å². The summed E-state index contributed by atoms with van der Waals surface area (Å²) in [6.07, 6.45) is 14.2. The fourth-order valence-electron chi connectivity index (χ4n) is 5.17. The van der Waals surface area contributed by atoms with Crippen molar-refractivity contribution >= 4 is 25.4 Å². The Morgan fingerprint density at radius 3 is 3.03 bits per heavy atom. The molecule has 0 bridgehead atoms. The summed E-state index contributed by atoms with van der Waals surface area (Å²) in [4.78, 5) is 24.1. The van der Waals surface area contributed by atoms with Gasteiger partial charge in [0.05, 0.1) is 17.2 Å². The summed E-state index contributed by atoms with van der Waals surface area (Å²) < 4.78 is 16.3. The van der Waals surface area contributed by atoms with Gasteiger partial charge in [0.25, 0.3) is 5.91 Å². The Kier molecular flexibility index (Phi) is 4.51. The summed E-state index contributed by atoms with van der Waals surface area (Å²) in [7, 11) is 0.368. The normalized spacial score (nSPS) is 27.0. The average molecular weight is 437 g/mol. The van der Waals surface area contributed by atoms with Crippen LogP contribution in [0.3, 0.4) is 0 Å². The number of fused-ring (bicyclic) bond motifs is 3. The molecule has 6 heterocycles. The van der Waals surface area contributed by atoms with Crippen LogP contribution >= 0.6 is 8.58 Å². The van der Waals surface area contributed by atoms with E-state index in [9.17, 15) is 9.18 Å². The maximum absolute atomic E-state index is 14.6. The minimum atomic E-state index is -0.362. The molecule has 0 aliphatic carbocycles. The van der Waals surface area contributed by atoms with Crippen LogP contribution in [0.15, 0.2) is 48.6 Å². The molecule has 4 aliphatic heterocycles. The number of allylic oxidation sites excluding steroid dienone is 1. The first-order valence-corrected chi connectivity index (χ1v) is 12.0. The molecule has 2 saturated heterocycles. The minimum absolute atomic E-state index is 0.00713. The molecule has 6 rings (SSSR count). The van der Waals surface area contributed by atoms with E-state index < -0.39 is 0 Å². The molecule has 0 N–H and O–H groups in total. The van der Waals surface area contributed by atoms with Gasteiger partial charge in [0.2, 0.25) is 0 Å². The number of hydrogen-bond donors (Lipinski definition) is 0. The average Bonchev–Trinajstić information content (AvgIpc) is 3.38. The quantitative estimate of drug-likeness (QED) is 0.678. The van der Waals surface area contributed by atoms with Crippen molar-refractivity contribution in [1.29, 1.82) is 0 Å². The maximum atomic E-state index is 14.6. The zero-order chi connectivity index (χ0) is 21.1. The van der Waals surface area contributed by atoms with E-state index in [0.29, 0.717) is 20.3 Å². The van der Waals surface area contributed by atoms with Gasteiger partial charge in [-0.25, -0.2) is 9.37 Å². The number of pyridine rings is 1. The van der Waals surface area contributed by atoms with Crippen LogP contribution in [0.5, 0.6) is 0 Å². The van der Waals surface area contributed by atoms with Crippen molar-refractivity contribution in [1.82, 2.24) is 24.1 Å². The van der Waals surface area contributed by atoms with Gasteiger partial charge in [0.1, 0.15) is 0 Å². The molecule has 2 aromatic heterocycles. The highest BCUT2D eigenvalue weighted by Gasteiger charge is 2.34. The van der Waals surface area contributed by atoms with Crippen molar-refractivity contribution in [2.24, 2.45) is 0 Å². The number of rotatable bonds is 2. The number of aryl methyl sites for hydroxylation is 1. The molecular formula is C23H25FN5OP. The molecule has 0 spiro atoms. The van der Waals surface area contributed by atoms with Gasteiger partial charge in [0.15, 0.2) is 11.5 Å². The smallest absolute Gasteiger partial charge is 0.252 e. The molecule has 0 saturated carbocycles. The summed E-state index contributed by atoms with van der Waals surface area (Å²) in [5.74, 6) is -0.409. The third-order valence-electron chi connectivity index (χ3n) is 6.74. The Labute approximate surface area is 182 Å². The fraction of sp³-hybridized carbons (Fsp3) is 0.391. The van der Waals surface area contributed by atoms with Crippen molar-refractivity contribution < 1.29 is 9.18 Å². The molecule has 1 amide bonds. The monoisotopic (exact) mass is 437 g/mol. The van der Waals surface area contributed by atoms with Crippen LogP contribution in [-0.4, -0.2) is 68.0 Å². The molecule has 2 aromatic rings. The van der Waals surface area contributed by atoms with Gasteiger partial charge in [-0.05, 0) is 43.8 Å². The lowest BCUT2D eigenvalue weighted by molar-refractivity contribution is -0.123. The number of carbonyl (C=O) groups excluding carboxylic acids is 1. The van der Waals surface area contributed by atoms with Gasteiger partial charge >= 0.3 is 0 Å². The van der Waals surface area contributed by atoms with Gasteiger partial charge in [-0.15, -0.1) is 0 Å². The highest BCUT2D eigenvalue weighted by molar-refractivity contribution is 7.51. The molecule has 0 radical (unpaired) electrons. The van der Waals surface area contributed by atoms with Gasteiger partial charge < -0.3 is 14.2 Å². The molecular weight excluding hydrogens is 412 g/mol. The lowest BCUT2D eigenvalue weighted by atomic mass is 10.1.